The van der Waals surface area contributed by atoms with E-state index in [2.05, 4.69) is 27.7 Å². The minimum Gasteiger partial charge on any atom is -0.344 e. The highest BCUT2D eigenvalue weighted by atomic mass is 33.1. The van der Waals surface area contributed by atoms with Crippen molar-refractivity contribution in [1.82, 2.24) is 18.5 Å². The van der Waals surface area contributed by atoms with Crippen molar-refractivity contribution in [2.45, 2.75) is 38.2 Å². The number of phosphoric acid groups is 1. The fourth-order valence-electron chi connectivity index (χ4n) is 0.222. The van der Waals surface area contributed by atoms with Crippen LogP contribution in [0.15, 0.2) is 0 Å². The van der Waals surface area contributed by atoms with Crippen LogP contribution in [0.3, 0.4) is 0 Å². The summed E-state index contributed by atoms with van der Waals surface area (Å²) in [7, 11) is -0.727. The zero-order chi connectivity index (χ0) is 11.1. The molecule has 12 N–H and O–H groups in total. The van der Waals surface area contributed by atoms with E-state index >= 15 is 0 Å². The molecular formula is C6H26N3O4PS2. The molecule has 0 radical (unpaired) electrons. The topological polar surface area (TPSA) is 183 Å². The van der Waals surface area contributed by atoms with Crippen LogP contribution in [-0.2, 0) is 4.57 Å². The average Bonchev–Trinajstić information content (AvgIpc) is 1.79. The van der Waals surface area contributed by atoms with E-state index in [0.29, 0.717) is 0 Å². The molecule has 0 aromatic carbocycles. The molecule has 0 rings (SSSR count). The largest absolute Gasteiger partial charge is 0.466 e. The third-order valence-electron chi connectivity index (χ3n) is 0.440. The van der Waals surface area contributed by atoms with Crippen molar-refractivity contribution >= 4 is 29.4 Å². The van der Waals surface area contributed by atoms with Gasteiger partial charge in [-0.1, -0.05) is 49.3 Å². The summed E-state index contributed by atoms with van der Waals surface area (Å²) in [5, 5.41) is 1.53. The Balaban J connectivity index is -0.0000000454. The second-order valence-corrected chi connectivity index (χ2v) is 7.26. The van der Waals surface area contributed by atoms with Gasteiger partial charge >= 0.3 is 7.82 Å². The first kappa shape index (κ1) is 30.1. The molecule has 0 aromatic heterocycles. The van der Waals surface area contributed by atoms with Gasteiger partial charge in [0, 0.05) is 10.5 Å². The highest BCUT2D eigenvalue weighted by Gasteiger charge is 2.00. The first-order valence-electron chi connectivity index (χ1n) is 3.73. The quantitative estimate of drug-likeness (QED) is 0.337. The van der Waals surface area contributed by atoms with Crippen molar-refractivity contribution in [1.29, 1.82) is 0 Å². The molecule has 0 aliphatic carbocycles. The lowest BCUT2D eigenvalue weighted by molar-refractivity contribution is 0.275. The average molecular weight is 299 g/mol. The van der Waals surface area contributed by atoms with Crippen LogP contribution in [0.5, 0.6) is 0 Å². The Morgan fingerprint density at radius 2 is 0.938 bits per heavy atom. The third kappa shape index (κ3) is 85.0. The van der Waals surface area contributed by atoms with E-state index in [9.17, 15) is 0 Å². The highest BCUT2D eigenvalue weighted by molar-refractivity contribution is 8.77. The van der Waals surface area contributed by atoms with Crippen LogP contribution in [0.1, 0.15) is 27.7 Å². The minimum absolute atomic E-state index is 0. The van der Waals surface area contributed by atoms with Gasteiger partial charge in [0.05, 0.1) is 0 Å². The number of hydrogen-bond donors (Lipinski definition) is 6. The Kier molecular flexibility index (Phi) is 29.5. The van der Waals surface area contributed by atoms with Crippen LogP contribution >= 0.6 is 29.4 Å². The molecule has 0 fully saturated rings. The van der Waals surface area contributed by atoms with Crippen LogP contribution in [0, 0.1) is 0 Å². The maximum atomic E-state index is 8.88. The molecule has 7 nitrogen and oxygen atoms in total. The molecule has 0 aliphatic heterocycles. The van der Waals surface area contributed by atoms with Crippen LogP contribution in [0.25, 0.3) is 0 Å². The maximum absolute atomic E-state index is 8.88. The van der Waals surface area contributed by atoms with Crippen LogP contribution in [0.2, 0.25) is 0 Å². The van der Waals surface area contributed by atoms with Crippen molar-refractivity contribution in [2.24, 2.45) is 0 Å². The smallest absolute Gasteiger partial charge is 0.344 e. The molecule has 0 aromatic rings. The van der Waals surface area contributed by atoms with Gasteiger partial charge in [-0.3, -0.25) is 0 Å². The van der Waals surface area contributed by atoms with Crippen molar-refractivity contribution in [3.8, 4) is 0 Å². The molecule has 10 heteroatoms. The van der Waals surface area contributed by atoms with E-state index in [1.54, 1.807) is 0 Å². The van der Waals surface area contributed by atoms with E-state index in [4.69, 9.17) is 19.2 Å². The highest BCUT2D eigenvalue weighted by Crippen LogP contribution is 2.29. The molecular weight excluding hydrogens is 273 g/mol. The molecule has 0 aliphatic rings. The lowest BCUT2D eigenvalue weighted by Gasteiger charge is -2.04. The van der Waals surface area contributed by atoms with Gasteiger partial charge in [-0.25, -0.2) is 4.57 Å². The van der Waals surface area contributed by atoms with E-state index in [-0.39, 0.29) is 18.5 Å². The molecule has 106 valence electrons. The Morgan fingerprint density at radius 1 is 0.812 bits per heavy atom. The standard InChI is InChI=1S/C6H14S2.3H3N.H3O4P/c1-5(2)7-8-6(3)4;;;;1-5(2,3)4/h5-6H,1-4H3;3*1H3;(H3,1,2,3,4). The molecule has 0 unspecified atom stereocenters. The predicted octanol–water partition coefficient (Wildman–Crippen LogP) is 2.74. The van der Waals surface area contributed by atoms with Crippen molar-refractivity contribution in [3.63, 3.8) is 0 Å². The zero-order valence-corrected chi connectivity index (χ0v) is 12.8. The molecule has 0 heterocycles. The monoisotopic (exact) mass is 299 g/mol. The Labute approximate surface area is 106 Å². The summed E-state index contributed by atoms with van der Waals surface area (Å²) >= 11 is 0. The Morgan fingerprint density at radius 3 is 1.00 bits per heavy atom. The van der Waals surface area contributed by atoms with Gasteiger partial charge in [-0.15, -0.1) is 0 Å². The van der Waals surface area contributed by atoms with Crippen molar-refractivity contribution < 1.29 is 19.2 Å². The molecule has 0 spiro atoms. The predicted molar refractivity (Wildman–Crippen MR) is 74.8 cm³/mol. The molecule has 0 amide bonds. The summed E-state index contributed by atoms with van der Waals surface area (Å²) in [6, 6.07) is 0. The Bertz CT molecular complexity index is 152. The lowest BCUT2D eigenvalue weighted by atomic mass is 10.6. The SMILES string of the molecule is CC(C)SSC(C)C.N.N.N.O=P(O)(O)O. The van der Waals surface area contributed by atoms with Crippen molar-refractivity contribution in [2.75, 3.05) is 0 Å². The maximum Gasteiger partial charge on any atom is 0.466 e. The summed E-state index contributed by atoms with van der Waals surface area (Å²) in [4.78, 5) is 21.6. The van der Waals surface area contributed by atoms with Crippen molar-refractivity contribution in [3.05, 3.63) is 0 Å². The van der Waals surface area contributed by atoms with E-state index in [1.165, 1.54) is 0 Å². The molecule has 0 bridgehead atoms. The van der Waals surface area contributed by atoms with Crippen LogP contribution in [0.4, 0.5) is 0 Å². The second kappa shape index (κ2) is 15.7. The van der Waals surface area contributed by atoms with E-state index in [0.717, 1.165) is 10.5 Å². The van der Waals surface area contributed by atoms with Gasteiger partial charge in [-0.05, 0) is 0 Å². The fourth-order valence-corrected chi connectivity index (χ4v) is 2.00. The van der Waals surface area contributed by atoms with Gasteiger partial charge in [0.2, 0.25) is 0 Å². The molecule has 0 saturated carbocycles. The summed E-state index contributed by atoms with van der Waals surface area (Å²) < 4.78 is 8.88. The first-order valence-corrected chi connectivity index (χ1v) is 7.57. The summed E-state index contributed by atoms with van der Waals surface area (Å²) in [5.41, 5.74) is 0. The summed E-state index contributed by atoms with van der Waals surface area (Å²) in [6.45, 7) is 8.89. The lowest BCUT2D eigenvalue weighted by Crippen LogP contribution is -1.86. The normalized spacial score (nSPS) is 9.31. The molecule has 16 heavy (non-hydrogen) atoms. The summed E-state index contributed by atoms with van der Waals surface area (Å²) in [5.74, 6) is 0. The first-order chi connectivity index (χ1) is 5.63. The van der Waals surface area contributed by atoms with E-state index in [1.807, 2.05) is 21.6 Å². The second-order valence-electron chi connectivity index (χ2n) is 2.80. The van der Waals surface area contributed by atoms with Gasteiger partial charge in [0.1, 0.15) is 0 Å². The van der Waals surface area contributed by atoms with Gasteiger partial charge in [-0.2, -0.15) is 0 Å². The van der Waals surface area contributed by atoms with Gasteiger partial charge in [0.25, 0.3) is 0 Å². The molecule has 0 saturated heterocycles. The Hall–Kier alpha value is 0.690. The third-order valence-corrected chi connectivity index (χ3v) is 3.96. The number of rotatable bonds is 3. The number of hydrogen-bond acceptors (Lipinski definition) is 6. The molecule has 0 atom stereocenters. The van der Waals surface area contributed by atoms with Gasteiger partial charge in [0.15, 0.2) is 0 Å². The fraction of sp³-hybridized carbons (Fsp3) is 1.00. The summed E-state index contributed by atoms with van der Waals surface area (Å²) in [6.07, 6.45) is 0. The van der Waals surface area contributed by atoms with Crippen LogP contribution < -0.4 is 18.5 Å². The minimum atomic E-state index is -4.64. The van der Waals surface area contributed by atoms with E-state index < -0.39 is 7.82 Å². The van der Waals surface area contributed by atoms with Gasteiger partial charge < -0.3 is 33.1 Å². The zero-order valence-electron chi connectivity index (χ0n) is 10.3. The van der Waals surface area contributed by atoms with Crippen LogP contribution in [-0.4, -0.2) is 25.2 Å².